The van der Waals surface area contributed by atoms with Gasteiger partial charge in [-0.3, -0.25) is 0 Å². The van der Waals surface area contributed by atoms with Crippen LogP contribution in [0.5, 0.6) is 0 Å². The Balaban J connectivity index is 1.30. The summed E-state index contributed by atoms with van der Waals surface area (Å²) in [6.45, 7) is 0. The molecule has 0 bridgehead atoms. The van der Waals surface area contributed by atoms with Crippen LogP contribution in [0.2, 0.25) is 0 Å². The van der Waals surface area contributed by atoms with Crippen LogP contribution in [0.3, 0.4) is 0 Å². The summed E-state index contributed by atoms with van der Waals surface area (Å²) in [5.41, 5.74) is 7.85. The molecular weight excluding hydrogens is 614 g/mol. The van der Waals surface area contributed by atoms with Crippen molar-refractivity contribution in [2.45, 2.75) is 0 Å². The first-order valence-electron chi connectivity index (χ1n) is 16.5. The molecule has 0 nitrogen and oxygen atoms in total. The van der Waals surface area contributed by atoms with E-state index in [0.717, 1.165) is 0 Å². The van der Waals surface area contributed by atoms with Gasteiger partial charge in [0.05, 0.1) is 0 Å². The van der Waals surface area contributed by atoms with Crippen LogP contribution in [0.25, 0.3) is 75.6 Å². The summed E-state index contributed by atoms with van der Waals surface area (Å²) in [5.74, 6) is 0. The smallest absolute Gasteiger partial charge is 0.0147 e. The highest BCUT2D eigenvalue weighted by Crippen LogP contribution is 2.62. The molecule has 0 aliphatic carbocycles. The molecule has 0 aliphatic rings. The van der Waals surface area contributed by atoms with E-state index in [2.05, 4.69) is 194 Å². The maximum atomic E-state index is 2.37. The van der Waals surface area contributed by atoms with Crippen molar-refractivity contribution < 1.29 is 0 Å². The minimum atomic E-state index is -0.706. The van der Waals surface area contributed by atoms with Gasteiger partial charge in [0.2, 0.25) is 0 Å². The van der Waals surface area contributed by atoms with E-state index >= 15 is 0 Å². The molecule has 0 amide bonds. The van der Waals surface area contributed by atoms with Crippen LogP contribution in [0.15, 0.2) is 194 Å². The molecule has 7 aromatic carbocycles. The molecule has 2 heterocycles. The highest BCUT2D eigenvalue weighted by atomic mass is 31.1. The van der Waals surface area contributed by atoms with Gasteiger partial charge in [0.25, 0.3) is 0 Å². The van der Waals surface area contributed by atoms with Gasteiger partial charge in [-0.15, -0.1) is 0 Å². The minimum Gasteiger partial charge on any atom is -0.0766 e. The average molecular weight is 647 g/mol. The Morgan fingerprint density at radius 2 is 0.562 bits per heavy atom. The molecule has 2 atom stereocenters. The molecule has 2 unspecified atom stereocenters. The second-order valence-corrected chi connectivity index (χ2v) is 16.4. The fourth-order valence-electron chi connectivity index (χ4n) is 7.30. The largest absolute Gasteiger partial charge is 0.0766 e. The maximum absolute atomic E-state index is 2.37. The summed E-state index contributed by atoms with van der Waals surface area (Å²) in [5, 5.41) is 11.2. The van der Waals surface area contributed by atoms with Crippen molar-refractivity contribution in [3.8, 4) is 54.6 Å². The monoisotopic (exact) mass is 646 g/mol. The van der Waals surface area contributed by atoms with Crippen LogP contribution >= 0.6 is 15.1 Å². The molecule has 226 valence electrons. The second-order valence-electron chi connectivity index (χ2n) is 12.1. The first-order valence-corrected chi connectivity index (χ1v) is 19.1. The molecule has 0 saturated heterocycles. The average Bonchev–Trinajstić information content (AvgIpc) is 3.70. The Kier molecular flexibility index (Phi) is 7.40. The number of rotatable bonds is 6. The summed E-state index contributed by atoms with van der Waals surface area (Å²) in [6.07, 6.45) is 0. The fraction of sp³-hybridized carbons (Fsp3) is 0. The van der Waals surface area contributed by atoms with Gasteiger partial charge in [-0.1, -0.05) is 209 Å². The van der Waals surface area contributed by atoms with Crippen LogP contribution in [0.1, 0.15) is 0 Å². The molecule has 0 fully saturated rings. The summed E-state index contributed by atoms with van der Waals surface area (Å²) in [4.78, 5) is 0. The molecule has 0 N–H and O–H groups in total. The van der Waals surface area contributed by atoms with Crippen molar-refractivity contribution in [3.63, 3.8) is 0 Å². The van der Waals surface area contributed by atoms with Crippen molar-refractivity contribution in [2.75, 3.05) is 0 Å². The van der Waals surface area contributed by atoms with Gasteiger partial charge in [-0.25, -0.2) is 0 Å². The normalized spacial score (nSPS) is 12.1. The molecule has 0 radical (unpaired) electrons. The molecular formula is C46H32P2. The minimum absolute atomic E-state index is 0.706. The van der Waals surface area contributed by atoms with Gasteiger partial charge >= 0.3 is 0 Å². The zero-order valence-corrected chi connectivity index (χ0v) is 28.2. The molecule has 9 rings (SSSR count). The lowest BCUT2D eigenvalue weighted by atomic mass is 9.94. The van der Waals surface area contributed by atoms with E-state index in [4.69, 9.17) is 0 Å². The van der Waals surface area contributed by atoms with Crippen molar-refractivity contribution in [3.05, 3.63) is 194 Å². The first-order chi connectivity index (χ1) is 23.9. The van der Waals surface area contributed by atoms with Crippen LogP contribution in [0, 0.1) is 0 Å². The van der Waals surface area contributed by atoms with Crippen molar-refractivity contribution in [1.29, 1.82) is 0 Å². The maximum Gasteiger partial charge on any atom is 0.0147 e. The highest BCUT2D eigenvalue weighted by molar-refractivity contribution is 7.66. The lowest BCUT2D eigenvalue weighted by Gasteiger charge is -2.13. The third kappa shape index (κ3) is 4.85. The molecule has 0 aliphatic heterocycles. The van der Waals surface area contributed by atoms with Gasteiger partial charge in [0.15, 0.2) is 0 Å². The Morgan fingerprint density at radius 3 is 0.938 bits per heavy atom. The van der Waals surface area contributed by atoms with Gasteiger partial charge < -0.3 is 0 Å². The zero-order valence-electron chi connectivity index (χ0n) is 26.4. The molecule has 0 saturated carbocycles. The van der Waals surface area contributed by atoms with Crippen LogP contribution < -0.4 is 0 Å². The van der Waals surface area contributed by atoms with Gasteiger partial charge in [0, 0.05) is 32.0 Å². The second kappa shape index (κ2) is 12.3. The first kappa shape index (κ1) is 28.8. The van der Waals surface area contributed by atoms with Crippen molar-refractivity contribution in [1.82, 2.24) is 0 Å². The Bertz CT molecular complexity index is 2330. The number of hydrogen-bond acceptors (Lipinski definition) is 0. The van der Waals surface area contributed by atoms with E-state index in [1.54, 1.807) is 0 Å². The van der Waals surface area contributed by atoms with Crippen LogP contribution in [0.4, 0.5) is 0 Å². The highest BCUT2D eigenvalue weighted by Gasteiger charge is 2.24. The Morgan fingerprint density at radius 1 is 0.250 bits per heavy atom. The fourth-order valence-corrected chi connectivity index (χ4v) is 12.9. The summed E-state index contributed by atoms with van der Waals surface area (Å²) >= 11 is 0. The third-order valence-corrected chi connectivity index (χ3v) is 14.6. The SMILES string of the molecule is c1ccc(-c2c(-c3ccc(-c4c(-c5ccccc5)p(-c5ccccc5)c5ccccc45)cc3)c3ccccc3p2-c2ccccc2)cc1. The zero-order chi connectivity index (χ0) is 31.9. The van der Waals surface area contributed by atoms with Crippen LogP contribution in [-0.2, 0) is 0 Å². The quantitative estimate of drug-likeness (QED) is 0.169. The predicted octanol–water partition coefficient (Wildman–Crippen LogP) is 14.6. The number of benzene rings is 7. The van der Waals surface area contributed by atoms with Gasteiger partial charge in [-0.2, -0.15) is 0 Å². The Labute approximate surface area is 283 Å². The third-order valence-electron chi connectivity index (χ3n) is 9.33. The van der Waals surface area contributed by atoms with E-state index < -0.39 is 15.1 Å². The predicted molar refractivity (Wildman–Crippen MR) is 211 cm³/mol. The van der Waals surface area contributed by atoms with Crippen molar-refractivity contribution >= 4 is 36.1 Å². The van der Waals surface area contributed by atoms with Gasteiger partial charge in [0.1, 0.15) is 0 Å². The van der Waals surface area contributed by atoms with Crippen LogP contribution in [-0.4, -0.2) is 0 Å². The number of hydrogen-bond donors (Lipinski definition) is 0. The Hall–Kier alpha value is -5.38. The van der Waals surface area contributed by atoms with Crippen molar-refractivity contribution in [2.24, 2.45) is 0 Å². The van der Waals surface area contributed by atoms with Gasteiger partial charge in [-0.05, 0) is 43.6 Å². The van der Waals surface area contributed by atoms with E-state index in [1.807, 2.05) is 0 Å². The molecule has 9 aromatic rings. The lowest BCUT2D eigenvalue weighted by molar-refractivity contribution is 1.64. The van der Waals surface area contributed by atoms with E-state index in [0.29, 0.717) is 0 Å². The van der Waals surface area contributed by atoms with E-state index in [1.165, 1.54) is 75.6 Å². The summed E-state index contributed by atoms with van der Waals surface area (Å²) < 4.78 is 0. The molecule has 0 spiro atoms. The molecule has 48 heavy (non-hydrogen) atoms. The topological polar surface area (TPSA) is 0 Å². The van der Waals surface area contributed by atoms with E-state index in [-0.39, 0.29) is 0 Å². The summed E-state index contributed by atoms with van der Waals surface area (Å²) in [7, 11) is -1.41. The summed E-state index contributed by atoms with van der Waals surface area (Å²) in [6, 6.07) is 71.8. The molecule has 2 aromatic heterocycles. The van der Waals surface area contributed by atoms with E-state index in [9.17, 15) is 0 Å². The number of fused-ring (bicyclic) bond motifs is 2. The lowest BCUT2D eigenvalue weighted by Crippen LogP contribution is -1.84. The molecule has 2 heteroatoms. The standard InChI is InChI=1S/C46H32P2/c1-5-17-35(18-6-1)45-43(39-25-13-15-27-41(39)47(45)37-21-9-3-10-22-37)33-29-31-34(32-30-33)44-40-26-14-16-28-42(40)48(38-23-11-4-12-24-38)46(44)36-19-7-2-8-20-36/h1-32H.